The van der Waals surface area contributed by atoms with Crippen molar-refractivity contribution in [3.8, 4) is 0 Å². The minimum absolute atomic E-state index is 0.624. The molecular weight excluding hydrogens is 198 g/mol. The summed E-state index contributed by atoms with van der Waals surface area (Å²) in [6.07, 6.45) is 7.61. The van der Waals surface area contributed by atoms with Gasteiger partial charge >= 0.3 is 0 Å². The highest BCUT2D eigenvalue weighted by Crippen LogP contribution is 2.16. The number of piperidine rings is 2. The van der Waals surface area contributed by atoms with Crippen molar-refractivity contribution in [1.82, 2.24) is 9.80 Å². The summed E-state index contributed by atoms with van der Waals surface area (Å²) < 4.78 is 0. The molecule has 2 heterocycles. The third-order valence-electron chi connectivity index (χ3n) is 3.97. The zero-order valence-corrected chi connectivity index (χ0v) is 10.5. The van der Waals surface area contributed by atoms with Gasteiger partial charge in [0.1, 0.15) is 0 Å². The van der Waals surface area contributed by atoms with E-state index in [-0.39, 0.29) is 0 Å². The van der Waals surface area contributed by atoms with Crippen molar-refractivity contribution in [1.29, 1.82) is 5.41 Å². The number of nitrogens with one attached hydrogen (secondary N) is 1. The minimum atomic E-state index is 0.624. The molecule has 16 heavy (non-hydrogen) atoms. The second kappa shape index (κ2) is 5.67. The predicted octanol–water partition coefficient (Wildman–Crippen LogP) is 2.32. The Labute approximate surface area is 99.3 Å². The molecular formula is C13H25N3. The molecule has 0 aromatic heterocycles. The van der Waals surface area contributed by atoms with Crippen molar-refractivity contribution in [2.45, 2.75) is 51.5 Å². The first kappa shape index (κ1) is 11.9. The number of rotatable bonds is 3. The molecule has 1 atom stereocenters. The molecule has 0 radical (unpaired) electrons. The Hall–Kier alpha value is -0.570. The lowest BCUT2D eigenvalue weighted by Crippen LogP contribution is -2.47. The molecule has 0 aromatic carbocycles. The van der Waals surface area contributed by atoms with E-state index in [1.807, 2.05) is 0 Å². The second-order valence-corrected chi connectivity index (χ2v) is 5.30. The third-order valence-corrected chi connectivity index (χ3v) is 3.97. The van der Waals surface area contributed by atoms with E-state index in [1.54, 1.807) is 0 Å². The van der Waals surface area contributed by atoms with Crippen LogP contribution in [0.5, 0.6) is 0 Å². The van der Waals surface area contributed by atoms with Gasteiger partial charge in [0.2, 0.25) is 0 Å². The largest absolute Gasteiger partial charge is 0.359 e. The van der Waals surface area contributed by atoms with Crippen LogP contribution >= 0.6 is 0 Å². The van der Waals surface area contributed by atoms with Crippen LogP contribution in [-0.4, -0.2) is 47.9 Å². The van der Waals surface area contributed by atoms with Crippen LogP contribution in [0.3, 0.4) is 0 Å². The molecule has 2 aliphatic heterocycles. The number of amidine groups is 1. The predicted molar refractivity (Wildman–Crippen MR) is 68.0 cm³/mol. The maximum absolute atomic E-state index is 7.96. The van der Waals surface area contributed by atoms with Gasteiger partial charge in [0.05, 0.1) is 5.84 Å². The van der Waals surface area contributed by atoms with Crippen LogP contribution in [0.2, 0.25) is 0 Å². The highest BCUT2D eigenvalue weighted by Gasteiger charge is 2.21. The summed E-state index contributed by atoms with van der Waals surface area (Å²) in [6.45, 7) is 7.04. The van der Waals surface area contributed by atoms with Crippen molar-refractivity contribution in [2.24, 2.45) is 0 Å². The van der Waals surface area contributed by atoms with Crippen molar-refractivity contribution < 1.29 is 0 Å². The van der Waals surface area contributed by atoms with Gasteiger partial charge in [0.25, 0.3) is 0 Å². The van der Waals surface area contributed by atoms with Crippen LogP contribution < -0.4 is 0 Å². The van der Waals surface area contributed by atoms with Gasteiger partial charge in [-0.1, -0.05) is 6.42 Å². The summed E-state index contributed by atoms with van der Waals surface area (Å²) in [5, 5.41) is 7.96. The fourth-order valence-electron chi connectivity index (χ4n) is 2.88. The lowest BCUT2D eigenvalue weighted by Gasteiger charge is -2.38. The van der Waals surface area contributed by atoms with E-state index in [0.29, 0.717) is 6.04 Å². The van der Waals surface area contributed by atoms with E-state index in [4.69, 9.17) is 5.41 Å². The van der Waals surface area contributed by atoms with E-state index < -0.39 is 0 Å². The standard InChI is InChI=1S/C13H25N3/c1-12(15-8-4-2-5-9-15)11-16-10-6-3-7-13(16)14/h12,14H,2-11H2,1H3. The Kier molecular flexibility index (Phi) is 4.22. The average Bonchev–Trinajstić information content (AvgIpc) is 2.33. The molecule has 0 aromatic rings. The fraction of sp³-hybridized carbons (Fsp3) is 0.923. The molecule has 2 fully saturated rings. The number of nitrogens with zero attached hydrogens (tertiary/aromatic N) is 2. The zero-order valence-electron chi connectivity index (χ0n) is 10.5. The Morgan fingerprint density at radius 2 is 1.75 bits per heavy atom. The summed E-state index contributed by atoms with van der Waals surface area (Å²) in [4.78, 5) is 4.90. The first-order valence-electron chi connectivity index (χ1n) is 6.84. The summed E-state index contributed by atoms with van der Waals surface area (Å²) in [5.41, 5.74) is 0. The molecule has 0 aliphatic carbocycles. The lowest BCUT2D eigenvalue weighted by molar-refractivity contribution is 0.147. The van der Waals surface area contributed by atoms with Crippen molar-refractivity contribution in [3.05, 3.63) is 0 Å². The van der Waals surface area contributed by atoms with E-state index in [9.17, 15) is 0 Å². The van der Waals surface area contributed by atoms with Crippen LogP contribution in [0.4, 0.5) is 0 Å². The molecule has 2 rings (SSSR count). The summed E-state index contributed by atoms with van der Waals surface area (Å²) in [7, 11) is 0. The SMILES string of the molecule is CC(CN1CCCCC1=N)N1CCCCC1. The highest BCUT2D eigenvalue weighted by molar-refractivity contribution is 5.79. The van der Waals surface area contributed by atoms with Crippen LogP contribution in [0, 0.1) is 5.41 Å². The molecule has 0 spiro atoms. The third kappa shape index (κ3) is 2.97. The molecule has 3 nitrogen and oxygen atoms in total. The van der Waals surface area contributed by atoms with Gasteiger partial charge in [-0.15, -0.1) is 0 Å². The maximum Gasteiger partial charge on any atom is 0.0958 e. The van der Waals surface area contributed by atoms with Gasteiger partial charge in [-0.05, 0) is 45.7 Å². The van der Waals surface area contributed by atoms with Crippen molar-refractivity contribution >= 4 is 5.84 Å². The normalized spacial score (nSPS) is 25.8. The zero-order chi connectivity index (χ0) is 11.4. The monoisotopic (exact) mass is 223 g/mol. The van der Waals surface area contributed by atoms with Crippen LogP contribution in [0.1, 0.15) is 45.4 Å². The van der Waals surface area contributed by atoms with Gasteiger partial charge in [0, 0.05) is 25.6 Å². The van der Waals surface area contributed by atoms with Gasteiger partial charge < -0.3 is 4.90 Å². The molecule has 0 bridgehead atoms. The van der Waals surface area contributed by atoms with E-state index in [0.717, 1.165) is 25.3 Å². The maximum atomic E-state index is 7.96. The first-order chi connectivity index (χ1) is 7.77. The van der Waals surface area contributed by atoms with Crippen LogP contribution in [-0.2, 0) is 0 Å². The molecule has 1 unspecified atom stereocenters. The van der Waals surface area contributed by atoms with E-state index in [1.165, 1.54) is 45.2 Å². The molecule has 2 saturated heterocycles. The molecule has 3 heteroatoms. The first-order valence-corrected chi connectivity index (χ1v) is 6.84. The topological polar surface area (TPSA) is 30.3 Å². The smallest absolute Gasteiger partial charge is 0.0958 e. The summed E-state index contributed by atoms with van der Waals surface area (Å²) >= 11 is 0. The molecule has 1 N–H and O–H groups in total. The average molecular weight is 223 g/mol. The number of hydrogen-bond acceptors (Lipinski definition) is 2. The Bertz CT molecular complexity index is 233. The summed E-state index contributed by atoms with van der Waals surface area (Å²) in [6, 6.07) is 0.624. The Morgan fingerprint density at radius 3 is 2.44 bits per heavy atom. The number of likely N-dealkylation sites (tertiary alicyclic amines) is 2. The minimum Gasteiger partial charge on any atom is -0.359 e. The number of hydrogen-bond donors (Lipinski definition) is 1. The van der Waals surface area contributed by atoms with Crippen molar-refractivity contribution in [3.63, 3.8) is 0 Å². The molecule has 92 valence electrons. The Morgan fingerprint density at radius 1 is 1.06 bits per heavy atom. The van der Waals surface area contributed by atoms with Gasteiger partial charge in [-0.25, -0.2) is 0 Å². The summed E-state index contributed by atoms with van der Waals surface area (Å²) in [5.74, 6) is 0.870. The van der Waals surface area contributed by atoms with Gasteiger partial charge in [-0.3, -0.25) is 10.3 Å². The van der Waals surface area contributed by atoms with Crippen molar-refractivity contribution in [2.75, 3.05) is 26.2 Å². The molecule has 2 aliphatic rings. The lowest BCUT2D eigenvalue weighted by atomic mass is 10.1. The van der Waals surface area contributed by atoms with Crippen LogP contribution in [0.15, 0.2) is 0 Å². The van der Waals surface area contributed by atoms with Gasteiger partial charge in [0.15, 0.2) is 0 Å². The quantitative estimate of drug-likeness (QED) is 0.796. The van der Waals surface area contributed by atoms with E-state index in [2.05, 4.69) is 16.7 Å². The highest BCUT2D eigenvalue weighted by atomic mass is 15.2. The molecule has 0 amide bonds. The fourth-order valence-corrected chi connectivity index (χ4v) is 2.88. The second-order valence-electron chi connectivity index (χ2n) is 5.30. The molecule has 0 saturated carbocycles. The Balaban J connectivity index is 1.80. The van der Waals surface area contributed by atoms with E-state index >= 15 is 0 Å². The van der Waals surface area contributed by atoms with Gasteiger partial charge in [-0.2, -0.15) is 0 Å². The van der Waals surface area contributed by atoms with Crippen LogP contribution in [0.25, 0.3) is 0 Å².